The van der Waals surface area contributed by atoms with Crippen molar-refractivity contribution in [2.75, 3.05) is 0 Å². The number of carbonyl (C=O) groups is 1. The first-order valence-corrected chi connectivity index (χ1v) is 5.22. The standard InChI is InChI=1S/C7H13NO4S/c1-4-6(13(10,11)12)8-7(9)5(2)3/h6H,2,4H2,1,3H3,(H,8,9)(H,10,11,12). The van der Waals surface area contributed by atoms with Crippen LogP contribution < -0.4 is 5.32 Å². The Kier molecular flexibility index (Phi) is 4.09. The van der Waals surface area contributed by atoms with Crippen LogP contribution in [-0.2, 0) is 14.9 Å². The minimum atomic E-state index is -4.22. The summed E-state index contributed by atoms with van der Waals surface area (Å²) in [6.07, 6.45) is 0.109. The van der Waals surface area contributed by atoms with E-state index in [1.807, 2.05) is 0 Å². The maximum atomic E-state index is 11.0. The predicted octanol–water partition coefficient (Wildman–Crippen LogP) is 0.303. The normalized spacial score (nSPS) is 13.5. The molecule has 76 valence electrons. The van der Waals surface area contributed by atoms with Gasteiger partial charge in [-0.3, -0.25) is 9.35 Å². The number of hydrogen-bond acceptors (Lipinski definition) is 3. The van der Waals surface area contributed by atoms with Gasteiger partial charge in [-0.25, -0.2) is 0 Å². The smallest absolute Gasteiger partial charge is 0.286 e. The first kappa shape index (κ1) is 12.1. The molecule has 1 unspecified atom stereocenters. The van der Waals surface area contributed by atoms with Crippen molar-refractivity contribution in [3.05, 3.63) is 12.2 Å². The first-order chi connectivity index (χ1) is 5.79. The first-order valence-electron chi connectivity index (χ1n) is 3.71. The SMILES string of the molecule is C=C(C)C(=O)NC(CC)S(=O)(=O)O. The summed E-state index contributed by atoms with van der Waals surface area (Å²) in [5.41, 5.74) is 0.196. The van der Waals surface area contributed by atoms with Gasteiger partial charge >= 0.3 is 0 Å². The fourth-order valence-corrected chi connectivity index (χ4v) is 1.33. The van der Waals surface area contributed by atoms with Crippen LogP contribution in [-0.4, -0.2) is 24.3 Å². The number of rotatable bonds is 4. The van der Waals surface area contributed by atoms with Crippen LogP contribution in [0.1, 0.15) is 20.3 Å². The van der Waals surface area contributed by atoms with E-state index in [2.05, 4.69) is 11.9 Å². The van der Waals surface area contributed by atoms with Crippen LogP contribution in [0.15, 0.2) is 12.2 Å². The Balaban J connectivity index is 4.49. The van der Waals surface area contributed by atoms with E-state index in [1.165, 1.54) is 13.8 Å². The molecule has 0 saturated heterocycles. The topological polar surface area (TPSA) is 83.5 Å². The van der Waals surface area contributed by atoms with E-state index in [-0.39, 0.29) is 12.0 Å². The zero-order valence-electron chi connectivity index (χ0n) is 7.57. The molecule has 0 spiro atoms. The van der Waals surface area contributed by atoms with E-state index in [9.17, 15) is 13.2 Å². The molecule has 0 aromatic heterocycles. The molecule has 6 heteroatoms. The molecule has 0 bridgehead atoms. The zero-order valence-corrected chi connectivity index (χ0v) is 8.39. The molecule has 0 radical (unpaired) electrons. The van der Waals surface area contributed by atoms with Gasteiger partial charge in [0.25, 0.3) is 10.1 Å². The third-order valence-corrected chi connectivity index (χ3v) is 2.58. The Morgan fingerprint density at radius 2 is 2.08 bits per heavy atom. The summed E-state index contributed by atoms with van der Waals surface area (Å²) in [5.74, 6) is -0.579. The van der Waals surface area contributed by atoms with Crippen molar-refractivity contribution in [2.45, 2.75) is 25.6 Å². The molecule has 5 nitrogen and oxygen atoms in total. The van der Waals surface area contributed by atoms with Gasteiger partial charge in [0.05, 0.1) is 0 Å². The summed E-state index contributed by atoms with van der Waals surface area (Å²) in [6, 6.07) is 0. The van der Waals surface area contributed by atoms with Crippen molar-refractivity contribution in [1.82, 2.24) is 5.32 Å². The summed E-state index contributed by atoms with van der Waals surface area (Å²) < 4.78 is 29.9. The van der Waals surface area contributed by atoms with Crippen molar-refractivity contribution < 1.29 is 17.8 Å². The second-order valence-electron chi connectivity index (χ2n) is 2.67. The zero-order chi connectivity index (χ0) is 10.6. The molecule has 0 aromatic carbocycles. The molecule has 13 heavy (non-hydrogen) atoms. The molecule has 0 aromatic rings. The average molecular weight is 207 g/mol. The fraction of sp³-hybridized carbons (Fsp3) is 0.571. The lowest BCUT2D eigenvalue weighted by Gasteiger charge is -2.13. The molecule has 0 fully saturated rings. The second-order valence-corrected chi connectivity index (χ2v) is 4.26. The quantitative estimate of drug-likeness (QED) is 0.513. The Labute approximate surface area is 77.6 Å². The van der Waals surface area contributed by atoms with E-state index in [0.717, 1.165) is 0 Å². The van der Waals surface area contributed by atoms with Gasteiger partial charge < -0.3 is 5.32 Å². The lowest BCUT2D eigenvalue weighted by Crippen LogP contribution is -2.40. The largest absolute Gasteiger partial charge is 0.334 e. The minimum Gasteiger partial charge on any atom is -0.334 e. The van der Waals surface area contributed by atoms with Crippen LogP contribution >= 0.6 is 0 Å². The average Bonchev–Trinajstić information content (AvgIpc) is 1.96. The Morgan fingerprint density at radius 3 is 2.31 bits per heavy atom. The molecule has 1 atom stereocenters. The van der Waals surface area contributed by atoms with Gasteiger partial charge in [-0.1, -0.05) is 13.5 Å². The van der Waals surface area contributed by atoms with Crippen molar-refractivity contribution in [3.63, 3.8) is 0 Å². The molecule has 0 saturated carbocycles. The molecule has 0 aliphatic rings. The van der Waals surface area contributed by atoms with E-state index in [0.29, 0.717) is 0 Å². The van der Waals surface area contributed by atoms with Gasteiger partial charge in [0.1, 0.15) is 0 Å². The molecular weight excluding hydrogens is 194 g/mol. The van der Waals surface area contributed by atoms with Crippen LogP contribution in [0.3, 0.4) is 0 Å². The highest BCUT2D eigenvalue weighted by atomic mass is 32.2. The van der Waals surface area contributed by atoms with Gasteiger partial charge in [0, 0.05) is 5.57 Å². The van der Waals surface area contributed by atoms with Crippen molar-refractivity contribution in [3.8, 4) is 0 Å². The highest BCUT2D eigenvalue weighted by molar-refractivity contribution is 7.86. The van der Waals surface area contributed by atoms with Crippen LogP contribution in [0.2, 0.25) is 0 Å². The van der Waals surface area contributed by atoms with Crippen LogP contribution in [0.25, 0.3) is 0 Å². The number of amides is 1. The van der Waals surface area contributed by atoms with Gasteiger partial charge in [0.2, 0.25) is 5.91 Å². The number of hydrogen-bond donors (Lipinski definition) is 2. The molecule has 1 amide bonds. The summed E-state index contributed by atoms with van der Waals surface area (Å²) in [5, 5.41) is 0.877. The fourth-order valence-electron chi connectivity index (χ4n) is 0.657. The Morgan fingerprint density at radius 1 is 1.62 bits per heavy atom. The van der Waals surface area contributed by atoms with E-state index in [1.54, 1.807) is 0 Å². The van der Waals surface area contributed by atoms with Crippen molar-refractivity contribution in [2.24, 2.45) is 0 Å². The van der Waals surface area contributed by atoms with E-state index < -0.39 is 21.4 Å². The highest BCUT2D eigenvalue weighted by Crippen LogP contribution is 2.01. The third-order valence-electron chi connectivity index (χ3n) is 1.41. The Hall–Kier alpha value is -0.880. The molecular formula is C7H13NO4S. The molecule has 0 aliphatic carbocycles. The second kappa shape index (κ2) is 4.38. The summed E-state index contributed by atoms with van der Waals surface area (Å²) in [4.78, 5) is 11.0. The molecule has 0 aliphatic heterocycles. The third kappa shape index (κ3) is 4.05. The maximum absolute atomic E-state index is 11.0. The number of carbonyl (C=O) groups excluding carboxylic acids is 1. The van der Waals surface area contributed by atoms with Gasteiger partial charge in [-0.05, 0) is 13.3 Å². The van der Waals surface area contributed by atoms with Crippen LogP contribution in [0.5, 0.6) is 0 Å². The predicted molar refractivity (Wildman–Crippen MR) is 48.6 cm³/mol. The van der Waals surface area contributed by atoms with Crippen molar-refractivity contribution >= 4 is 16.0 Å². The minimum absolute atomic E-state index is 0.109. The van der Waals surface area contributed by atoms with Crippen molar-refractivity contribution in [1.29, 1.82) is 0 Å². The van der Waals surface area contributed by atoms with Gasteiger partial charge in [0.15, 0.2) is 5.37 Å². The van der Waals surface area contributed by atoms with Gasteiger partial charge in [-0.2, -0.15) is 8.42 Å². The lowest BCUT2D eigenvalue weighted by atomic mass is 10.3. The summed E-state index contributed by atoms with van der Waals surface area (Å²) in [6.45, 7) is 6.33. The number of nitrogens with one attached hydrogen (secondary N) is 1. The van der Waals surface area contributed by atoms with Crippen LogP contribution in [0, 0.1) is 0 Å². The molecule has 0 rings (SSSR count). The monoisotopic (exact) mass is 207 g/mol. The highest BCUT2D eigenvalue weighted by Gasteiger charge is 2.22. The summed E-state index contributed by atoms with van der Waals surface area (Å²) >= 11 is 0. The van der Waals surface area contributed by atoms with Gasteiger partial charge in [-0.15, -0.1) is 0 Å². The van der Waals surface area contributed by atoms with E-state index >= 15 is 0 Å². The Bertz CT molecular complexity index is 306. The molecule has 2 N–H and O–H groups in total. The summed E-state index contributed by atoms with van der Waals surface area (Å²) in [7, 11) is -4.22. The van der Waals surface area contributed by atoms with Crippen LogP contribution in [0.4, 0.5) is 0 Å². The molecule has 0 heterocycles. The van der Waals surface area contributed by atoms with E-state index in [4.69, 9.17) is 4.55 Å². The maximum Gasteiger partial charge on any atom is 0.286 e. The lowest BCUT2D eigenvalue weighted by molar-refractivity contribution is -0.117.